The molecule has 4 rings (SSSR count). The molecule has 23 heavy (non-hydrogen) atoms. The van der Waals surface area contributed by atoms with Crippen LogP contribution in [0, 0.1) is 17.3 Å². The number of nitrogen functional groups attached to an aromatic ring is 1. The highest BCUT2D eigenvalue weighted by Gasteiger charge is 2.53. The maximum atomic E-state index is 13.3. The summed E-state index contributed by atoms with van der Waals surface area (Å²) < 4.78 is 45.5. The Kier molecular flexibility index (Phi) is 2.89. The molecule has 3 nitrogen and oxygen atoms in total. The number of nitrogens with two attached hydrogens (primary N) is 1. The summed E-state index contributed by atoms with van der Waals surface area (Å²) in [5.41, 5.74) is 3.77. The van der Waals surface area contributed by atoms with Crippen molar-refractivity contribution >= 4 is 5.69 Å². The average molecular weight is 320 g/mol. The zero-order valence-corrected chi connectivity index (χ0v) is 12.2. The third-order valence-electron chi connectivity index (χ3n) is 4.96. The van der Waals surface area contributed by atoms with Crippen molar-refractivity contribution in [1.29, 1.82) is 0 Å². The van der Waals surface area contributed by atoms with Crippen LogP contribution in [0.15, 0.2) is 48.5 Å². The summed E-state index contributed by atoms with van der Waals surface area (Å²) in [6.07, 6.45) is 9.40. The number of rotatable bonds is 2. The lowest BCUT2D eigenvalue weighted by Crippen LogP contribution is -2.28. The van der Waals surface area contributed by atoms with Gasteiger partial charge in [-0.15, -0.1) is 0 Å². The molecule has 0 amide bonds. The van der Waals surface area contributed by atoms with Crippen LogP contribution in [-0.4, -0.2) is 4.98 Å². The lowest BCUT2D eigenvalue weighted by molar-refractivity contribution is -0.138. The summed E-state index contributed by atoms with van der Waals surface area (Å²) in [6, 6.07) is 0. The van der Waals surface area contributed by atoms with Crippen LogP contribution in [0.2, 0.25) is 0 Å². The van der Waals surface area contributed by atoms with Crippen LogP contribution in [0.3, 0.4) is 0 Å². The van der Waals surface area contributed by atoms with E-state index in [4.69, 9.17) is 10.5 Å². The van der Waals surface area contributed by atoms with Gasteiger partial charge in [-0.05, 0) is 30.8 Å². The monoisotopic (exact) mass is 320 g/mol. The molecule has 0 aromatic carbocycles. The fourth-order valence-electron chi connectivity index (χ4n) is 4.02. The Morgan fingerprint density at radius 1 is 1.26 bits per heavy atom. The second-order valence-corrected chi connectivity index (χ2v) is 6.32. The van der Waals surface area contributed by atoms with Gasteiger partial charge in [0.1, 0.15) is 11.3 Å². The Bertz CT molecular complexity index is 751. The molecule has 1 fully saturated rings. The fraction of sp³-hybridized carbons (Fsp3) is 0.353. The number of halogens is 3. The molecule has 2 bridgehead atoms. The Labute approximate surface area is 131 Å². The molecule has 2 N–H and O–H groups in total. The predicted molar refractivity (Wildman–Crippen MR) is 79.3 cm³/mol. The number of hydrogen-bond acceptors (Lipinski definition) is 3. The summed E-state index contributed by atoms with van der Waals surface area (Å²) in [6.45, 7) is 0. The average Bonchev–Trinajstić information content (AvgIpc) is 2.99. The lowest BCUT2D eigenvalue weighted by atomic mass is 9.74. The lowest BCUT2D eigenvalue weighted by Gasteiger charge is -2.34. The fourth-order valence-corrected chi connectivity index (χ4v) is 4.02. The van der Waals surface area contributed by atoms with Gasteiger partial charge in [0.2, 0.25) is 0 Å². The molecule has 1 aromatic rings. The van der Waals surface area contributed by atoms with E-state index in [1.165, 1.54) is 0 Å². The van der Waals surface area contributed by atoms with Crippen molar-refractivity contribution in [3.63, 3.8) is 0 Å². The molecule has 1 aromatic heterocycles. The first-order valence-electron chi connectivity index (χ1n) is 7.47. The number of fused-ring (bicyclic) bond motifs is 1. The van der Waals surface area contributed by atoms with Gasteiger partial charge in [0.05, 0.1) is 23.5 Å². The molecule has 3 aliphatic carbocycles. The standard InChI is InChI=1S/C17H15F3N2O/c18-17(19,20)15-12(21)8-22-9-13(15)23-14-6-10-5-11-3-1-2-4-16(11,14)7-10/h1-4,6,8-11H,5,7,21H2. The maximum Gasteiger partial charge on any atom is 0.422 e. The third-order valence-corrected chi connectivity index (χ3v) is 4.96. The molecule has 6 heteroatoms. The molecule has 1 saturated carbocycles. The van der Waals surface area contributed by atoms with Crippen molar-refractivity contribution < 1.29 is 17.9 Å². The summed E-state index contributed by atoms with van der Waals surface area (Å²) in [7, 11) is 0. The minimum atomic E-state index is -4.58. The number of ether oxygens (including phenoxy) is 1. The number of alkyl halides is 3. The van der Waals surface area contributed by atoms with Crippen LogP contribution in [0.5, 0.6) is 5.75 Å². The maximum absolute atomic E-state index is 13.3. The van der Waals surface area contributed by atoms with Gasteiger partial charge in [0.25, 0.3) is 0 Å². The highest BCUT2D eigenvalue weighted by atomic mass is 19.4. The van der Waals surface area contributed by atoms with E-state index in [9.17, 15) is 13.2 Å². The van der Waals surface area contributed by atoms with Gasteiger partial charge in [-0.25, -0.2) is 0 Å². The number of pyridine rings is 1. The summed E-state index contributed by atoms with van der Waals surface area (Å²) in [4.78, 5) is 3.76. The van der Waals surface area contributed by atoms with E-state index in [0.29, 0.717) is 11.7 Å². The molecular formula is C17H15F3N2O. The highest BCUT2D eigenvalue weighted by Crippen LogP contribution is 2.60. The summed E-state index contributed by atoms with van der Waals surface area (Å²) in [5.74, 6) is 0.872. The van der Waals surface area contributed by atoms with E-state index in [1.54, 1.807) is 0 Å². The van der Waals surface area contributed by atoms with Crippen molar-refractivity contribution in [3.05, 3.63) is 54.1 Å². The van der Waals surface area contributed by atoms with Crippen molar-refractivity contribution in [1.82, 2.24) is 4.98 Å². The van der Waals surface area contributed by atoms with E-state index >= 15 is 0 Å². The van der Waals surface area contributed by atoms with E-state index in [1.807, 2.05) is 24.3 Å². The SMILES string of the molecule is Nc1cncc(OC2=CC3CC4C=CC=CC24C3)c1C(F)(F)F. The van der Waals surface area contributed by atoms with E-state index in [-0.39, 0.29) is 17.1 Å². The van der Waals surface area contributed by atoms with Crippen molar-refractivity contribution in [2.45, 2.75) is 19.0 Å². The van der Waals surface area contributed by atoms with E-state index < -0.39 is 17.4 Å². The predicted octanol–water partition coefficient (Wildman–Crippen LogP) is 4.10. The molecule has 1 heterocycles. The third kappa shape index (κ3) is 2.08. The summed E-state index contributed by atoms with van der Waals surface area (Å²) >= 11 is 0. The van der Waals surface area contributed by atoms with Gasteiger partial charge in [-0.3, -0.25) is 4.98 Å². The minimum Gasteiger partial charge on any atom is -0.459 e. The van der Waals surface area contributed by atoms with Gasteiger partial charge in [-0.1, -0.05) is 24.3 Å². The van der Waals surface area contributed by atoms with Gasteiger partial charge in [-0.2, -0.15) is 13.2 Å². The number of hydrogen-bond donors (Lipinski definition) is 1. The zero-order valence-electron chi connectivity index (χ0n) is 12.2. The normalized spacial score (nSPS) is 31.2. The first kappa shape index (κ1) is 14.4. The van der Waals surface area contributed by atoms with Crippen molar-refractivity contribution in [3.8, 4) is 5.75 Å². The van der Waals surface area contributed by atoms with E-state index in [2.05, 4.69) is 11.1 Å². The number of anilines is 1. The largest absolute Gasteiger partial charge is 0.459 e. The van der Waals surface area contributed by atoms with Crippen molar-refractivity contribution in [2.24, 2.45) is 17.3 Å². The van der Waals surface area contributed by atoms with Crippen LogP contribution in [-0.2, 0) is 6.18 Å². The zero-order chi connectivity index (χ0) is 16.2. The first-order chi connectivity index (χ1) is 10.9. The van der Waals surface area contributed by atoms with Gasteiger partial charge < -0.3 is 10.5 Å². The highest BCUT2D eigenvalue weighted by molar-refractivity contribution is 5.54. The Morgan fingerprint density at radius 3 is 2.87 bits per heavy atom. The van der Waals surface area contributed by atoms with Crippen LogP contribution in [0.4, 0.5) is 18.9 Å². The minimum absolute atomic E-state index is 0.279. The molecular weight excluding hydrogens is 305 g/mol. The Hall–Kier alpha value is -2.24. The van der Waals surface area contributed by atoms with Crippen molar-refractivity contribution in [2.75, 3.05) is 5.73 Å². The topological polar surface area (TPSA) is 48.1 Å². The second-order valence-electron chi connectivity index (χ2n) is 6.32. The molecule has 0 aliphatic heterocycles. The summed E-state index contributed by atoms with van der Waals surface area (Å²) in [5, 5.41) is 0. The van der Waals surface area contributed by atoms with Gasteiger partial charge in [0, 0.05) is 0 Å². The van der Waals surface area contributed by atoms with Crippen LogP contribution in [0.25, 0.3) is 0 Å². The molecule has 1 spiro atoms. The number of allylic oxidation sites excluding steroid dienone is 5. The molecule has 120 valence electrons. The van der Waals surface area contributed by atoms with Crippen LogP contribution in [0.1, 0.15) is 18.4 Å². The Balaban J connectivity index is 1.73. The smallest absolute Gasteiger partial charge is 0.422 e. The molecule has 3 aliphatic rings. The molecule has 3 atom stereocenters. The number of nitrogens with zero attached hydrogens (tertiary/aromatic N) is 1. The van der Waals surface area contributed by atoms with Crippen LogP contribution >= 0.6 is 0 Å². The second kappa shape index (κ2) is 4.63. The first-order valence-corrected chi connectivity index (χ1v) is 7.47. The molecule has 3 unspecified atom stereocenters. The van der Waals surface area contributed by atoms with Gasteiger partial charge in [0.15, 0.2) is 5.75 Å². The molecule has 0 radical (unpaired) electrons. The van der Waals surface area contributed by atoms with Crippen LogP contribution < -0.4 is 10.5 Å². The van der Waals surface area contributed by atoms with Gasteiger partial charge >= 0.3 is 6.18 Å². The van der Waals surface area contributed by atoms with E-state index in [0.717, 1.165) is 25.2 Å². The molecule has 0 saturated heterocycles. The Morgan fingerprint density at radius 2 is 2.09 bits per heavy atom. The quantitative estimate of drug-likeness (QED) is 0.892. The number of aromatic nitrogens is 1.